The Bertz CT molecular complexity index is 994. The molecule has 160 valence electrons. The number of hydrogen-bond donors (Lipinski definition) is 0. The third kappa shape index (κ3) is 8.42. The predicted octanol–water partition coefficient (Wildman–Crippen LogP) is 4.19. The highest BCUT2D eigenvalue weighted by Crippen LogP contribution is 2.20. The first kappa shape index (κ1) is 24.4. The number of nitriles is 2. The molecule has 1 fully saturated rings. The average Bonchev–Trinajstić information content (AvgIpc) is 3.19. The summed E-state index contributed by atoms with van der Waals surface area (Å²) in [6.45, 7) is 4.07. The van der Waals surface area contributed by atoms with Gasteiger partial charge in [0.05, 0.1) is 0 Å². The minimum absolute atomic E-state index is 0.476. The van der Waals surface area contributed by atoms with E-state index in [4.69, 9.17) is 33.7 Å². The number of halogens is 2. The fourth-order valence-electron chi connectivity index (χ4n) is 2.49. The Morgan fingerprint density at radius 1 is 1.13 bits per heavy atom. The molecule has 0 bridgehead atoms. The molecule has 0 N–H and O–H groups in total. The zero-order chi connectivity index (χ0) is 22.6. The maximum absolute atomic E-state index is 8.54. The van der Waals surface area contributed by atoms with Crippen molar-refractivity contribution >= 4 is 46.0 Å². The van der Waals surface area contributed by atoms with Gasteiger partial charge in [0.25, 0.3) is 0 Å². The van der Waals surface area contributed by atoms with Gasteiger partial charge in [0.15, 0.2) is 5.17 Å². The van der Waals surface area contributed by atoms with Crippen LogP contribution in [0.2, 0.25) is 10.3 Å². The van der Waals surface area contributed by atoms with Crippen LogP contribution < -0.4 is 0 Å². The number of rotatable bonds is 4. The van der Waals surface area contributed by atoms with Gasteiger partial charge in [-0.05, 0) is 30.2 Å². The van der Waals surface area contributed by atoms with Crippen molar-refractivity contribution < 1.29 is 0 Å². The zero-order valence-electron chi connectivity index (χ0n) is 17.0. The normalized spacial score (nSPS) is 14.5. The largest absolute Gasteiger partial charge is 0.358 e. The van der Waals surface area contributed by atoms with Crippen LogP contribution >= 0.6 is 35.0 Å². The standard InChI is InChI=1S/C10H9ClN4S.C10H11ClN4/c11-9-2-1-8(5-13-9)6-15-3-4-16-10(15)14-7-12;1-8(14-7-12)15(2)6-9-3-4-10(11)13-5-9/h1-2,5H,3-4,6H2;3-5H,6H2,1-2H3. The van der Waals surface area contributed by atoms with Crippen LogP contribution in [-0.4, -0.2) is 50.1 Å². The molecule has 1 aliphatic heterocycles. The van der Waals surface area contributed by atoms with Crippen molar-refractivity contribution in [3.05, 3.63) is 58.1 Å². The van der Waals surface area contributed by atoms with Gasteiger partial charge < -0.3 is 9.80 Å². The number of aliphatic imine (C=N–C) groups is 2. The van der Waals surface area contributed by atoms with Gasteiger partial charge >= 0.3 is 0 Å². The third-order valence-electron chi connectivity index (χ3n) is 4.14. The lowest BCUT2D eigenvalue weighted by atomic mass is 10.3. The molecule has 0 amide bonds. The Morgan fingerprint density at radius 3 is 2.32 bits per heavy atom. The topological polar surface area (TPSA) is 105 Å². The molecule has 31 heavy (non-hydrogen) atoms. The first-order valence-electron chi connectivity index (χ1n) is 9.12. The summed E-state index contributed by atoms with van der Waals surface area (Å²) in [7, 11) is 1.87. The summed E-state index contributed by atoms with van der Waals surface area (Å²) in [6.07, 6.45) is 7.03. The second-order valence-corrected chi connectivity index (χ2v) is 8.19. The van der Waals surface area contributed by atoms with E-state index in [1.807, 2.05) is 30.3 Å². The molecule has 0 atom stereocenters. The molecule has 0 aliphatic carbocycles. The Morgan fingerprint density at radius 2 is 1.77 bits per heavy atom. The quantitative estimate of drug-likeness (QED) is 0.283. The number of thioether (sulfide) groups is 1. The maximum atomic E-state index is 8.54. The number of hydrogen-bond acceptors (Lipinski definition) is 7. The molecule has 1 saturated heterocycles. The molecule has 3 rings (SSSR count). The number of nitrogens with zero attached hydrogens (tertiary/aromatic N) is 8. The highest BCUT2D eigenvalue weighted by Gasteiger charge is 2.19. The fraction of sp³-hybridized carbons (Fsp3) is 0.300. The van der Waals surface area contributed by atoms with E-state index < -0.39 is 0 Å². The molecule has 2 aromatic rings. The van der Waals surface area contributed by atoms with Crippen LogP contribution in [0, 0.1) is 22.9 Å². The zero-order valence-corrected chi connectivity index (χ0v) is 19.4. The Hall–Kier alpha value is -2.85. The van der Waals surface area contributed by atoms with E-state index in [0.29, 0.717) is 22.7 Å². The van der Waals surface area contributed by atoms with E-state index in [1.165, 1.54) is 0 Å². The van der Waals surface area contributed by atoms with Crippen LogP contribution in [-0.2, 0) is 13.1 Å². The minimum atomic E-state index is 0.476. The van der Waals surface area contributed by atoms with Crippen LogP contribution in [0.5, 0.6) is 0 Å². The van der Waals surface area contributed by atoms with E-state index in [1.54, 1.807) is 49.4 Å². The fourth-order valence-corrected chi connectivity index (χ4v) is 3.65. The van der Waals surface area contributed by atoms with Gasteiger partial charge in [-0.2, -0.15) is 15.5 Å². The molecule has 1 aliphatic rings. The van der Waals surface area contributed by atoms with Crippen molar-refractivity contribution in [1.82, 2.24) is 19.8 Å². The van der Waals surface area contributed by atoms with Crippen molar-refractivity contribution in [1.29, 1.82) is 10.5 Å². The second kappa shape index (κ2) is 12.8. The first-order chi connectivity index (χ1) is 14.9. The predicted molar refractivity (Wildman–Crippen MR) is 125 cm³/mol. The smallest absolute Gasteiger partial charge is 0.208 e. The van der Waals surface area contributed by atoms with Crippen LogP contribution in [0.3, 0.4) is 0 Å². The molecule has 0 saturated carbocycles. The van der Waals surface area contributed by atoms with Crippen LogP contribution in [0.15, 0.2) is 46.6 Å². The Labute approximate surface area is 195 Å². The van der Waals surface area contributed by atoms with E-state index >= 15 is 0 Å². The molecule has 0 unspecified atom stereocenters. The highest BCUT2D eigenvalue weighted by atomic mass is 35.5. The monoisotopic (exact) mass is 474 g/mol. The van der Waals surface area contributed by atoms with E-state index in [0.717, 1.165) is 35.1 Å². The number of aromatic nitrogens is 2. The summed E-state index contributed by atoms with van der Waals surface area (Å²) in [5.41, 5.74) is 2.09. The number of pyridine rings is 2. The van der Waals surface area contributed by atoms with Crippen molar-refractivity contribution in [2.24, 2.45) is 9.98 Å². The van der Waals surface area contributed by atoms with Gasteiger partial charge in [-0.15, -0.1) is 4.99 Å². The SMILES string of the molecule is CC(=NC#N)N(C)Cc1ccc(Cl)nc1.N#CN=C1SCCN1Cc1ccc(Cl)nc1. The lowest BCUT2D eigenvalue weighted by Crippen LogP contribution is -2.23. The summed E-state index contributed by atoms with van der Waals surface area (Å²) < 4.78 is 0. The van der Waals surface area contributed by atoms with Gasteiger partial charge in [0.1, 0.15) is 16.1 Å². The molecule has 0 aromatic carbocycles. The lowest BCUT2D eigenvalue weighted by Gasteiger charge is -2.17. The van der Waals surface area contributed by atoms with E-state index in [-0.39, 0.29) is 0 Å². The molecular formula is C20H20Cl2N8S. The number of amidine groups is 2. The lowest BCUT2D eigenvalue weighted by molar-refractivity contribution is 0.456. The average molecular weight is 475 g/mol. The van der Waals surface area contributed by atoms with Gasteiger partial charge in [-0.1, -0.05) is 47.1 Å². The van der Waals surface area contributed by atoms with Crippen molar-refractivity contribution in [3.63, 3.8) is 0 Å². The summed E-state index contributed by atoms with van der Waals surface area (Å²) >= 11 is 13.0. The molecule has 0 spiro atoms. The molecule has 3 heterocycles. The van der Waals surface area contributed by atoms with E-state index in [2.05, 4.69) is 24.9 Å². The van der Waals surface area contributed by atoms with Gasteiger partial charge in [0.2, 0.25) is 12.4 Å². The molecule has 11 heteroatoms. The van der Waals surface area contributed by atoms with Gasteiger partial charge in [0, 0.05) is 44.8 Å². The minimum Gasteiger partial charge on any atom is -0.358 e. The van der Waals surface area contributed by atoms with Crippen LogP contribution in [0.1, 0.15) is 18.1 Å². The van der Waals surface area contributed by atoms with Crippen LogP contribution in [0.25, 0.3) is 0 Å². The maximum Gasteiger partial charge on any atom is 0.208 e. The van der Waals surface area contributed by atoms with Crippen molar-refractivity contribution in [2.75, 3.05) is 19.3 Å². The first-order valence-corrected chi connectivity index (χ1v) is 10.9. The van der Waals surface area contributed by atoms with Gasteiger partial charge in [-0.25, -0.2) is 9.97 Å². The summed E-state index contributed by atoms with van der Waals surface area (Å²) in [4.78, 5) is 19.4. The van der Waals surface area contributed by atoms with E-state index in [9.17, 15) is 0 Å². The van der Waals surface area contributed by atoms with Crippen molar-refractivity contribution in [2.45, 2.75) is 20.0 Å². The summed E-state index contributed by atoms with van der Waals surface area (Å²) in [5.74, 6) is 1.65. The molecular weight excluding hydrogens is 455 g/mol. The summed E-state index contributed by atoms with van der Waals surface area (Å²) in [6, 6.07) is 7.33. The third-order valence-corrected chi connectivity index (χ3v) is 5.58. The molecule has 2 aromatic heterocycles. The summed E-state index contributed by atoms with van der Waals surface area (Å²) in [5, 5.41) is 18.7. The van der Waals surface area contributed by atoms with Crippen molar-refractivity contribution in [3.8, 4) is 12.4 Å². The molecule has 8 nitrogen and oxygen atoms in total. The Balaban J connectivity index is 0.000000221. The van der Waals surface area contributed by atoms with Gasteiger partial charge in [-0.3, -0.25) is 0 Å². The molecule has 0 radical (unpaired) electrons. The highest BCUT2D eigenvalue weighted by molar-refractivity contribution is 8.14. The van der Waals surface area contributed by atoms with Crippen LogP contribution in [0.4, 0.5) is 0 Å². The Kier molecular flexibility index (Phi) is 10.0. The second-order valence-electron chi connectivity index (χ2n) is 6.36.